The van der Waals surface area contributed by atoms with Gasteiger partial charge in [0.25, 0.3) is 0 Å². The lowest BCUT2D eigenvalue weighted by Crippen LogP contribution is -2.49. The number of aromatic nitrogens is 2. The molecule has 3 fully saturated rings. The van der Waals surface area contributed by atoms with Crippen LogP contribution in [0, 0.1) is 6.92 Å². The third-order valence-corrected chi connectivity index (χ3v) is 8.50. The van der Waals surface area contributed by atoms with Crippen molar-refractivity contribution < 1.29 is 18.0 Å². The van der Waals surface area contributed by atoms with E-state index in [9.17, 15) is 18.0 Å². The van der Waals surface area contributed by atoms with Gasteiger partial charge in [-0.2, -0.15) is 4.31 Å². The monoisotopic (exact) mass is 484 g/mol. The van der Waals surface area contributed by atoms with Gasteiger partial charge in [-0.3, -0.25) is 14.5 Å². The van der Waals surface area contributed by atoms with Crippen LogP contribution in [-0.4, -0.2) is 73.8 Å². The van der Waals surface area contributed by atoms with E-state index in [1.165, 1.54) is 41.4 Å². The summed E-state index contributed by atoms with van der Waals surface area (Å²) >= 11 is 0. The quantitative estimate of drug-likeness (QED) is 0.589. The molecule has 4 heterocycles. The molecule has 0 aliphatic carbocycles. The highest BCUT2D eigenvalue weighted by Gasteiger charge is 2.32. The molecule has 0 saturated carbocycles. The Balaban J connectivity index is 1.27. The third-order valence-electron chi connectivity index (χ3n) is 6.59. The molecular weight excluding hydrogens is 456 g/mol. The lowest BCUT2D eigenvalue weighted by atomic mass is 10.3. The Labute approximate surface area is 199 Å². The van der Waals surface area contributed by atoms with Crippen molar-refractivity contribution in [1.82, 2.24) is 14.3 Å². The van der Waals surface area contributed by atoms with Gasteiger partial charge < -0.3 is 9.80 Å². The van der Waals surface area contributed by atoms with E-state index in [4.69, 9.17) is 0 Å². The molecule has 3 aliphatic rings. The van der Waals surface area contributed by atoms with Crippen LogP contribution < -0.4 is 14.7 Å². The zero-order chi connectivity index (χ0) is 23.9. The number of benzene rings is 1. The molecule has 1 aromatic heterocycles. The van der Waals surface area contributed by atoms with E-state index in [2.05, 4.69) is 19.8 Å². The molecule has 0 atom stereocenters. The summed E-state index contributed by atoms with van der Waals surface area (Å²) in [5, 5.41) is 0. The number of sulfonamides is 1. The maximum atomic E-state index is 13.2. The second-order valence-corrected chi connectivity index (χ2v) is 10.8. The molecule has 0 spiro atoms. The Bertz CT molecular complexity index is 1190. The summed E-state index contributed by atoms with van der Waals surface area (Å²) in [4.78, 5) is 38.7. The van der Waals surface area contributed by atoms with Crippen molar-refractivity contribution in [3.05, 3.63) is 36.2 Å². The summed E-state index contributed by atoms with van der Waals surface area (Å²) in [7, 11) is -3.69. The van der Waals surface area contributed by atoms with Crippen molar-refractivity contribution in [2.24, 2.45) is 0 Å². The minimum absolute atomic E-state index is 0.151. The Morgan fingerprint density at radius 3 is 1.85 bits per heavy atom. The van der Waals surface area contributed by atoms with Crippen molar-refractivity contribution in [3.8, 4) is 0 Å². The number of hydrogen-bond donors (Lipinski definition) is 0. The number of nitrogens with zero attached hydrogens (tertiary/aromatic N) is 6. The largest absolute Gasteiger partial charge is 0.356 e. The predicted octanol–water partition coefficient (Wildman–Crippen LogP) is 1.55. The highest BCUT2D eigenvalue weighted by molar-refractivity contribution is 7.89. The van der Waals surface area contributed by atoms with Crippen LogP contribution in [0.2, 0.25) is 0 Å². The van der Waals surface area contributed by atoms with Gasteiger partial charge in [-0.15, -0.1) is 0 Å². The van der Waals surface area contributed by atoms with Gasteiger partial charge >= 0.3 is 0 Å². The molecule has 34 heavy (non-hydrogen) atoms. The maximum absolute atomic E-state index is 13.2. The SMILES string of the molecule is Cc1nc(N2CCCC2)cc(N2CCN(S(=O)(=O)c3ccc(N4C(=O)CCC4=O)cc3)CC2)n1. The van der Waals surface area contributed by atoms with Crippen molar-refractivity contribution in [1.29, 1.82) is 0 Å². The van der Waals surface area contributed by atoms with E-state index in [0.717, 1.165) is 29.6 Å². The summed E-state index contributed by atoms with van der Waals surface area (Å²) < 4.78 is 27.9. The highest BCUT2D eigenvalue weighted by Crippen LogP contribution is 2.27. The molecule has 1 aromatic carbocycles. The van der Waals surface area contributed by atoms with Crippen LogP contribution in [0.4, 0.5) is 17.3 Å². The minimum atomic E-state index is -3.69. The Morgan fingerprint density at radius 2 is 1.29 bits per heavy atom. The van der Waals surface area contributed by atoms with Gasteiger partial charge in [0.15, 0.2) is 0 Å². The van der Waals surface area contributed by atoms with Crippen LogP contribution >= 0.6 is 0 Å². The van der Waals surface area contributed by atoms with Crippen LogP contribution in [0.5, 0.6) is 0 Å². The van der Waals surface area contributed by atoms with Gasteiger partial charge in [0.2, 0.25) is 21.8 Å². The van der Waals surface area contributed by atoms with Crippen LogP contribution in [0.25, 0.3) is 0 Å². The molecule has 0 N–H and O–H groups in total. The lowest BCUT2D eigenvalue weighted by molar-refractivity contribution is -0.121. The number of carbonyl (C=O) groups excluding carboxylic acids is 2. The molecular formula is C23H28N6O4S. The Morgan fingerprint density at radius 1 is 0.765 bits per heavy atom. The molecule has 5 rings (SSSR count). The third kappa shape index (κ3) is 4.25. The van der Waals surface area contributed by atoms with Crippen molar-refractivity contribution in [3.63, 3.8) is 0 Å². The number of carbonyl (C=O) groups is 2. The van der Waals surface area contributed by atoms with Gasteiger partial charge in [-0.1, -0.05) is 0 Å². The first kappa shape index (κ1) is 22.7. The molecule has 2 aromatic rings. The van der Waals surface area contributed by atoms with E-state index in [1.807, 2.05) is 13.0 Å². The summed E-state index contributed by atoms with van der Waals surface area (Å²) in [5.74, 6) is 1.96. The number of hydrogen-bond acceptors (Lipinski definition) is 8. The van der Waals surface area contributed by atoms with Gasteiger partial charge in [-0.05, 0) is 44.0 Å². The highest BCUT2D eigenvalue weighted by atomic mass is 32.2. The zero-order valence-electron chi connectivity index (χ0n) is 19.2. The first-order valence-electron chi connectivity index (χ1n) is 11.6. The minimum Gasteiger partial charge on any atom is -0.356 e. The summed E-state index contributed by atoms with van der Waals surface area (Å²) in [6.45, 7) is 5.64. The fourth-order valence-corrected chi connectivity index (χ4v) is 6.17. The van der Waals surface area contributed by atoms with Crippen LogP contribution in [0.3, 0.4) is 0 Å². The first-order valence-corrected chi connectivity index (χ1v) is 13.1. The predicted molar refractivity (Wildman–Crippen MR) is 127 cm³/mol. The fourth-order valence-electron chi connectivity index (χ4n) is 4.75. The first-order chi connectivity index (χ1) is 16.3. The molecule has 10 nitrogen and oxygen atoms in total. The number of rotatable bonds is 5. The Kier molecular flexibility index (Phi) is 5.98. The van der Waals surface area contributed by atoms with E-state index >= 15 is 0 Å². The van der Waals surface area contributed by atoms with E-state index < -0.39 is 10.0 Å². The van der Waals surface area contributed by atoms with E-state index in [-0.39, 0.29) is 29.6 Å². The molecule has 3 aliphatic heterocycles. The van der Waals surface area contributed by atoms with Gasteiger partial charge in [-0.25, -0.2) is 18.4 Å². The topological polar surface area (TPSA) is 107 Å². The smallest absolute Gasteiger partial charge is 0.243 e. The summed E-state index contributed by atoms with van der Waals surface area (Å²) in [5.41, 5.74) is 0.407. The average Bonchev–Trinajstić information content (AvgIpc) is 3.49. The molecule has 2 amide bonds. The van der Waals surface area contributed by atoms with Crippen molar-refractivity contribution >= 4 is 39.2 Å². The molecule has 11 heteroatoms. The molecule has 0 bridgehead atoms. The van der Waals surface area contributed by atoms with Gasteiger partial charge in [0.1, 0.15) is 17.5 Å². The maximum Gasteiger partial charge on any atom is 0.243 e. The second kappa shape index (κ2) is 8.95. The van der Waals surface area contributed by atoms with E-state index in [1.54, 1.807) is 0 Å². The lowest BCUT2D eigenvalue weighted by Gasteiger charge is -2.35. The number of imide groups is 1. The number of anilines is 3. The van der Waals surface area contributed by atoms with Crippen LogP contribution in [-0.2, 0) is 19.6 Å². The summed E-state index contributed by atoms with van der Waals surface area (Å²) in [6.07, 6.45) is 2.71. The standard InChI is InChI=1S/C23H28N6O4S/c1-17-24-20(26-10-2-3-11-26)16-21(25-17)27-12-14-28(15-13-27)34(32,33)19-6-4-18(5-7-19)29-22(30)8-9-23(29)31/h4-7,16H,2-3,8-15H2,1H3. The molecule has 0 radical (unpaired) electrons. The van der Waals surface area contributed by atoms with Crippen LogP contribution in [0.1, 0.15) is 31.5 Å². The zero-order valence-corrected chi connectivity index (χ0v) is 20.0. The number of piperazine rings is 1. The normalized spacial score (nSPS) is 20.0. The average molecular weight is 485 g/mol. The number of amides is 2. The van der Waals surface area contributed by atoms with Gasteiger partial charge in [0.05, 0.1) is 10.6 Å². The molecule has 3 saturated heterocycles. The van der Waals surface area contributed by atoms with Gasteiger partial charge in [0, 0.05) is 58.2 Å². The Hall–Kier alpha value is -3.05. The summed E-state index contributed by atoms with van der Waals surface area (Å²) in [6, 6.07) is 7.97. The molecule has 0 unspecified atom stereocenters. The molecule has 180 valence electrons. The second-order valence-electron chi connectivity index (χ2n) is 8.83. The fraction of sp³-hybridized carbons (Fsp3) is 0.478. The van der Waals surface area contributed by atoms with Crippen molar-refractivity contribution in [2.45, 2.75) is 37.5 Å². The van der Waals surface area contributed by atoms with E-state index in [0.29, 0.717) is 37.7 Å². The number of aryl methyl sites for hydroxylation is 1. The van der Waals surface area contributed by atoms with Crippen LogP contribution in [0.15, 0.2) is 35.2 Å². The van der Waals surface area contributed by atoms with Crippen molar-refractivity contribution in [2.75, 3.05) is 54.0 Å².